The van der Waals surface area contributed by atoms with Crippen molar-refractivity contribution < 1.29 is 14.0 Å². The van der Waals surface area contributed by atoms with Crippen molar-refractivity contribution in [1.29, 1.82) is 0 Å². The Balaban J connectivity index is 1.53. The summed E-state index contributed by atoms with van der Waals surface area (Å²) in [6.07, 6.45) is 0.163. The molecule has 0 atom stereocenters. The molecule has 0 bridgehead atoms. The van der Waals surface area contributed by atoms with Gasteiger partial charge in [0.1, 0.15) is 5.82 Å². The number of hydrogen-bond acceptors (Lipinski definition) is 2. The summed E-state index contributed by atoms with van der Waals surface area (Å²) >= 11 is 0. The van der Waals surface area contributed by atoms with Gasteiger partial charge in [-0.2, -0.15) is 0 Å². The summed E-state index contributed by atoms with van der Waals surface area (Å²) in [5, 5.41) is 2.79. The molecule has 4 heteroatoms. The van der Waals surface area contributed by atoms with E-state index in [4.69, 9.17) is 0 Å². The number of benzene rings is 3. The van der Waals surface area contributed by atoms with Crippen molar-refractivity contribution >= 4 is 17.4 Å². The average Bonchev–Trinajstić information content (AvgIpc) is 2.68. The number of anilines is 1. The largest absolute Gasteiger partial charge is 0.326 e. The zero-order valence-electron chi connectivity index (χ0n) is 14.1. The number of nitrogens with one attached hydrogen (secondary N) is 1. The molecule has 0 saturated heterocycles. The molecule has 1 amide bonds. The molecule has 0 aromatic heterocycles. The van der Waals surface area contributed by atoms with Crippen molar-refractivity contribution in [3.05, 3.63) is 90.2 Å². The van der Waals surface area contributed by atoms with Gasteiger partial charge < -0.3 is 5.32 Å². The van der Waals surface area contributed by atoms with Crippen molar-refractivity contribution in [2.24, 2.45) is 0 Å². The van der Waals surface area contributed by atoms with Crippen LogP contribution in [0.15, 0.2) is 78.9 Å². The lowest BCUT2D eigenvalue weighted by Gasteiger charge is -2.07. The first-order chi connectivity index (χ1) is 12.6. The van der Waals surface area contributed by atoms with E-state index in [1.165, 1.54) is 24.3 Å². The van der Waals surface area contributed by atoms with Crippen LogP contribution in [0.5, 0.6) is 0 Å². The molecule has 0 aliphatic rings. The van der Waals surface area contributed by atoms with Gasteiger partial charge >= 0.3 is 0 Å². The SMILES string of the molecule is O=C(CCC(=O)c1ccc(F)cc1)Nc1ccc(-c2ccccc2)cc1. The third-order valence-corrected chi connectivity index (χ3v) is 4.02. The second kappa shape index (κ2) is 8.21. The molecule has 0 heterocycles. The fourth-order valence-corrected chi connectivity index (χ4v) is 2.61. The van der Waals surface area contributed by atoms with E-state index in [2.05, 4.69) is 5.32 Å². The molecule has 3 aromatic carbocycles. The molecule has 26 heavy (non-hydrogen) atoms. The minimum atomic E-state index is -0.391. The highest BCUT2D eigenvalue weighted by molar-refractivity contribution is 6.00. The zero-order valence-corrected chi connectivity index (χ0v) is 14.1. The molecule has 0 saturated carbocycles. The van der Waals surface area contributed by atoms with Crippen LogP contribution in [0.4, 0.5) is 10.1 Å². The molecular weight excluding hydrogens is 329 g/mol. The summed E-state index contributed by atoms with van der Waals surface area (Å²) in [6, 6.07) is 22.8. The number of carbonyl (C=O) groups is 2. The minimum absolute atomic E-state index is 0.0800. The van der Waals surface area contributed by atoms with Crippen LogP contribution in [0.3, 0.4) is 0 Å². The number of ketones is 1. The summed E-state index contributed by atoms with van der Waals surface area (Å²) in [7, 11) is 0. The Labute approximate surface area is 151 Å². The van der Waals surface area contributed by atoms with Crippen molar-refractivity contribution in [3.63, 3.8) is 0 Å². The Morgan fingerprint density at radius 2 is 1.35 bits per heavy atom. The predicted octanol–water partition coefficient (Wildman–Crippen LogP) is 5.09. The average molecular weight is 347 g/mol. The third kappa shape index (κ3) is 4.63. The van der Waals surface area contributed by atoms with Gasteiger partial charge in [-0.3, -0.25) is 9.59 Å². The fraction of sp³-hybridized carbons (Fsp3) is 0.0909. The number of amides is 1. The molecule has 3 aromatic rings. The lowest BCUT2D eigenvalue weighted by Crippen LogP contribution is -2.13. The van der Waals surface area contributed by atoms with Gasteiger partial charge in [0, 0.05) is 24.1 Å². The van der Waals surface area contributed by atoms with Crippen LogP contribution in [-0.4, -0.2) is 11.7 Å². The van der Waals surface area contributed by atoms with Crippen LogP contribution in [0, 0.1) is 5.82 Å². The van der Waals surface area contributed by atoms with Gasteiger partial charge in [0.05, 0.1) is 0 Å². The van der Waals surface area contributed by atoms with Gasteiger partial charge in [-0.05, 0) is 47.5 Å². The number of carbonyl (C=O) groups excluding carboxylic acids is 2. The van der Waals surface area contributed by atoms with Gasteiger partial charge in [-0.15, -0.1) is 0 Å². The first-order valence-electron chi connectivity index (χ1n) is 8.36. The summed E-state index contributed by atoms with van der Waals surface area (Å²) in [5.74, 6) is -0.800. The molecule has 0 fully saturated rings. The van der Waals surface area contributed by atoms with Crippen LogP contribution in [-0.2, 0) is 4.79 Å². The van der Waals surface area contributed by atoms with Crippen LogP contribution in [0.25, 0.3) is 11.1 Å². The Bertz CT molecular complexity index is 888. The smallest absolute Gasteiger partial charge is 0.224 e. The monoisotopic (exact) mass is 347 g/mol. The first kappa shape index (κ1) is 17.5. The highest BCUT2D eigenvalue weighted by Gasteiger charge is 2.10. The highest BCUT2D eigenvalue weighted by atomic mass is 19.1. The number of Topliss-reactive ketones (excluding diaryl/α,β-unsaturated/α-hetero) is 1. The van der Waals surface area contributed by atoms with E-state index >= 15 is 0 Å². The Morgan fingerprint density at radius 1 is 0.731 bits per heavy atom. The molecule has 3 nitrogen and oxygen atoms in total. The maximum absolute atomic E-state index is 12.9. The Kier molecular flexibility index (Phi) is 5.54. The van der Waals surface area contributed by atoms with Crippen LogP contribution >= 0.6 is 0 Å². The van der Waals surface area contributed by atoms with Crippen molar-refractivity contribution in [2.75, 3.05) is 5.32 Å². The molecule has 0 unspecified atom stereocenters. The Morgan fingerprint density at radius 3 is 2.00 bits per heavy atom. The van der Waals surface area contributed by atoms with Crippen LogP contribution in [0.2, 0.25) is 0 Å². The number of rotatable bonds is 6. The zero-order chi connectivity index (χ0) is 18.4. The quantitative estimate of drug-likeness (QED) is 0.631. The van der Waals surface area contributed by atoms with E-state index < -0.39 is 5.82 Å². The summed E-state index contributed by atoms with van der Waals surface area (Å²) in [6.45, 7) is 0. The summed E-state index contributed by atoms with van der Waals surface area (Å²) in [4.78, 5) is 24.0. The van der Waals surface area contributed by atoms with Crippen LogP contribution in [0.1, 0.15) is 23.2 Å². The Hall–Kier alpha value is -3.27. The molecule has 130 valence electrons. The molecule has 0 spiro atoms. The molecular formula is C22H18FNO2. The standard InChI is InChI=1S/C22H18FNO2/c23-19-10-6-18(7-11-19)21(25)14-15-22(26)24-20-12-8-17(9-13-20)16-4-2-1-3-5-16/h1-13H,14-15H2,(H,24,26). The second-order valence-corrected chi connectivity index (χ2v) is 5.92. The van der Waals surface area contributed by atoms with Gasteiger partial charge in [-0.25, -0.2) is 4.39 Å². The van der Waals surface area contributed by atoms with E-state index in [9.17, 15) is 14.0 Å². The van der Waals surface area contributed by atoms with Crippen LogP contribution < -0.4 is 5.32 Å². The molecule has 3 rings (SSSR count). The van der Waals surface area contributed by atoms with Gasteiger partial charge in [0.15, 0.2) is 5.78 Å². The second-order valence-electron chi connectivity index (χ2n) is 5.92. The maximum atomic E-state index is 12.9. The summed E-state index contributed by atoms with van der Waals surface area (Å²) < 4.78 is 12.9. The summed E-state index contributed by atoms with van der Waals surface area (Å²) in [5.41, 5.74) is 3.26. The van der Waals surface area contributed by atoms with Gasteiger partial charge in [-0.1, -0.05) is 42.5 Å². The predicted molar refractivity (Wildman–Crippen MR) is 100 cm³/mol. The van der Waals surface area contributed by atoms with E-state index in [1.54, 1.807) is 0 Å². The molecule has 0 aliphatic heterocycles. The molecule has 1 N–H and O–H groups in total. The first-order valence-corrected chi connectivity index (χ1v) is 8.36. The number of hydrogen-bond donors (Lipinski definition) is 1. The lowest BCUT2D eigenvalue weighted by atomic mass is 10.1. The maximum Gasteiger partial charge on any atom is 0.224 e. The normalized spacial score (nSPS) is 10.3. The van der Waals surface area contributed by atoms with E-state index in [-0.39, 0.29) is 24.5 Å². The molecule has 0 aliphatic carbocycles. The van der Waals surface area contributed by atoms with E-state index in [1.807, 2.05) is 54.6 Å². The van der Waals surface area contributed by atoms with E-state index in [0.29, 0.717) is 11.3 Å². The van der Waals surface area contributed by atoms with Gasteiger partial charge in [0.2, 0.25) is 5.91 Å². The van der Waals surface area contributed by atoms with Crippen molar-refractivity contribution in [3.8, 4) is 11.1 Å². The third-order valence-electron chi connectivity index (χ3n) is 4.02. The van der Waals surface area contributed by atoms with Crippen molar-refractivity contribution in [2.45, 2.75) is 12.8 Å². The minimum Gasteiger partial charge on any atom is -0.326 e. The van der Waals surface area contributed by atoms with E-state index in [0.717, 1.165) is 11.1 Å². The van der Waals surface area contributed by atoms with Crippen molar-refractivity contribution in [1.82, 2.24) is 0 Å². The lowest BCUT2D eigenvalue weighted by molar-refractivity contribution is -0.116. The highest BCUT2D eigenvalue weighted by Crippen LogP contribution is 2.21. The topological polar surface area (TPSA) is 46.2 Å². The molecule has 0 radical (unpaired) electrons. The number of halogens is 1. The van der Waals surface area contributed by atoms with Gasteiger partial charge in [0.25, 0.3) is 0 Å². The fourth-order valence-electron chi connectivity index (χ4n) is 2.61.